The number of hydrogen-bond acceptors (Lipinski definition) is 5. The normalized spacial score (nSPS) is 14.1. The Hall–Kier alpha value is -2.67. The minimum Gasteiger partial charge on any atom is -0.497 e. The topological polar surface area (TPSA) is 72.9 Å². The molecule has 7 heteroatoms. The highest BCUT2D eigenvalue weighted by atomic mass is 32.2. The molecule has 0 radical (unpaired) electrons. The number of carbonyl (C=O) groups is 2. The Morgan fingerprint density at radius 1 is 1.10 bits per heavy atom. The molecule has 0 bridgehead atoms. The fraction of sp³-hybridized carbons (Fsp3) is 0.364. The zero-order valence-corrected chi connectivity index (χ0v) is 17.4. The summed E-state index contributed by atoms with van der Waals surface area (Å²) in [7, 11) is 0.616. The van der Waals surface area contributed by atoms with Crippen LogP contribution in [0.1, 0.15) is 34.3 Å². The summed E-state index contributed by atoms with van der Waals surface area (Å²) < 4.78 is 21.8. The maximum Gasteiger partial charge on any atom is 0.338 e. The highest BCUT2D eigenvalue weighted by molar-refractivity contribution is 7.83. The summed E-state index contributed by atoms with van der Waals surface area (Å²) in [4.78, 5) is 26.8. The summed E-state index contributed by atoms with van der Waals surface area (Å²) in [5.41, 5.74) is 2.15. The van der Waals surface area contributed by atoms with Gasteiger partial charge in [-0.3, -0.25) is 9.00 Å². The Bertz CT molecular complexity index is 892. The van der Waals surface area contributed by atoms with Gasteiger partial charge in [-0.15, -0.1) is 0 Å². The van der Waals surface area contributed by atoms with E-state index in [2.05, 4.69) is 0 Å². The van der Waals surface area contributed by atoms with E-state index in [1.165, 1.54) is 0 Å². The third-order valence-electron chi connectivity index (χ3n) is 4.68. The number of esters is 1. The lowest BCUT2D eigenvalue weighted by molar-refractivity contribution is -0.135. The number of hydrogen-bond donors (Lipinski definition) is 0. The molecule has 154 valence electrons. The van der Waals surface area contributed by atoms with Gasteiger partial charge in [-0.1, -0.05) is 24.3 Å². The van der Waals surface area contributed by atoms with Gasteiger partial charge in [-0.05, 0) is 48.2 Å². The summed E-state index contributed by atoms with van der Waals surface area (Å²) in [6.07, 6.45) is 3.54. The molecule has 2 aromatic rings. The monoisotopic (exact) mass is 415 g/mol. The van der Waals surface area contributed by atoms with Crippen molar-refractivity contribution in [1.29, 1.82) is 0 Å². The van der Waals surface area contributed by atoms with Gasteiger partial charge in [0.1, 0.15) is 5.75 Å². The molecule has 1 fully saturated rings. The second-order valence-corrected chi connectivity index (χ2v) is 8.53. The highest BCUT2D eigenvalue weighted by Crippen LogP contribution is 2.29. The molecule has 3 rings (SSSR count). The standard InChI is InChI=1S/C22H25NO5S/c1-27-20-10-6-16(7-11-20)13-23(19-8-9-19)21(24)14-28-22(25)18-5-3-4-17(12-18)15-29(2)26/h3-7,10-12,19H,8-9,13-15H2,1-2H3. The van der Waals surface area contributed by atoms with Crippen molar-refractivity contribution in [3.63, 3.8) is 0 Å². The van der Waals surface area contributed by atoms with Crippen LogP contribution in [0.2, 0.25) is 0 Å². The molecule has 1 amide bonds. The molecular weight excluding hydrogens is 390 g/mol. The van der Waals surface area contributed by atoms with E-state index in [9.17, 15) is 13.8 Å². The van der Waals surface area contributed by atoms with Crippen LogP contribution in [-0.2, 0) is 32.6 Å². The van der Waals surface area contributed by atoms with Crippen molar-refractivity contribution in [3.8, 4) is 5.75 Å². The van der Waals surface area contributed by atoms with Crippen molar-refractivity contribution in [1.82, 2.24) is 4.90 Å². The van der Waals surface area contributed by atoms with Crippen molar-refractivity contribution in [2.45, 2.75) is 31.2 Å². The number of rotatable bonds is 9. The van der Waals surface area contributed by atoms with E-state index in [4.69, 9.17) is 9.47 Å². The fourth-order valence-electron chi connectivity index (χ4n) is 3.05. The molecule has 1 unspecified atom stereocenters. The maximum atomic E-state index is 12.7. The number of ether oxygens (including phenoxy) is 2. The Labute approximate surface area is 173 Å². The molecule has 0 spiro atoms. The number of amides is 1. The van der Waals surface area contributed by atoms with Crippen LogP contribution in [0.15, 0.2) is 48.5 Å². The first-order valence-electron chi connectivity index (χ1n) is 9.44. The molecule has 1 atom stereocenters. The van der Waals surface area contributed by atoms with E-state index in [0.717, 1.165) is 29.7 Å². The second kappa shape index (κ2) is 9.69. The second-order valence-electron chi connectivity index (χ2n) is 7.09. The van der Waals surface area contributed by atoms with Crippen molar-refractivity contribution in [3.05, 3.63) is 65.2 Å². The van der Waals surface area contributed by atoms with Gasteiger partial charge in [-0.2, -0.15) is 0 Å². The third kappa shape index (κ3) is 6.15. The van der Waals surface area contributed by atoms with E-state index in [1.54, 1.807) is 36.5 Å². The lowest BCUT2D eigenvalue weighted by Gasteiger charge is -2.22. The molecule has 29 heavy (non-hydrogen) atoms. The van der Waals surface area contributed by atoms with Crippen LogP contribution in [0.25, 0.3) is 0 Å². The summed E-state index contributed by atoms with van der Waals surface area (Å²) in [5, 5.41) is 0. The van der Waals surface area contributed by atoms with Crippen molar-refractivity contribution in [2.24, 2.45) is 0 Å². The molecule has 6 nitrogen and oxygen atoms in total. The molecule has 1 saturated carbocycles. The maximum absolute atomic E-state index is 12.7. The summed E-state index contributed by atoms with van der Waals surface area (Å²) in [6, 6.07) is 14.6. The van der Waals surface area contributed by atoms with Gasteiger partial charge in [0.2, 0.25) is 0 Å². The zero-order chi connectivity index (χ0) is 20.8. The Balaban J connectivity index is 1.58. The van der Waals surface area contributed by atoms with Crippen molar-refractivity contribution < 1.29 is 23.3 Å². The van der Waals surface area contributed by atoms with Crippen LogP contribution in [0.3, 0.4) is 0 Å². The predicted molar refractivity (Wildman–Crippen MR) is 111 cm³/mol. The summed E-state index contributed by atoms with van der Waals surface area (Å²) in [5.74, 6) is 0.378. The average Bonchev–Trinajstić information content (AvgIpc) is 3.55. The lowest BCUT2D eigenvalue weighted by Crippen LogP contribution is -2.36. The molecule has 0 heterocycles. The molecule has 0 aliphatic heterocycles. The molecule has 0 saturated heterocycles. The molecule has 0 N–H and O–H groups in total. The van der Waals surface area contributed by atoms with E-state index in [-0.39, 0.29) is 18.6 Å². The minimum absolute atomic E-state index is 0.200. The van der Waals surface area contributed by atoms with Gasteiger partial charge in [0.25, 0.3) is 5.91 Å². The van der Waals surface area contributed by atoms with Crippen LogP contribution in [-0.4, -0.2) is 47.0 Å². The van der Waals surface area contributed by atoms with E-state index >= 15 is 0 Å². The predicted octanol–water partition coefficient (Wildman–Crippen LogP) is 2.92. The first-order valence-corrected chi connectivity index (χ1v) is 11.2. The van der Waals surface area contributed by atoms with Crippen molar-refractivity contribution in [2.75, 3.05) is 20.0 Å². The lowest BCUT2D eigenvalue weighted by atomic mass is 10.1. The Morgan fingerprint density at radius 3 is 2.45 bits per heavy atom. The number of methoxy groups -OCH3 is 1. The van der Waals surface area contributed by atoms with Crippen LogP contribution in [0.4, 0.5) is 0 Å². The third-order valence-corrected chi connectivity index (χ3v) is 5.42. The van der Waals surface area contributed by atoms with Gasteiger partial charge in [0, 0.05) is 35.4 Å². The van der Waals surface area contributed by atoms with Gasteiger partial charge in [0.15, 0.2) is 6.61 Å². The van der Waals surface area contributed by atoms with Crippen LogP contribution in [0, 0.1) is 0 Å². The molecule has 1 aliphatic carbocycles. The molecule has 0 aromatic heterocycles. The SMILES string of the molecule is COc1ccc(CN(C(=O)COC(=O)c2cccc(CS(C)=O)c2)C2CC2)cc1. The molecular formula is C22H25NO5S. The van der Waals surface area contributed by atoms with Crippen LogP contribution >= 0.6 is 0 Å². The van der Waals surface area contributed by atoms with Crippen LogP contribution < -0.4 is 4.74 Å². The Kier molecular flexibility index (Phi) is 7.04. The van der Waals surface area contributed by atoms with Crippen LogP contribution in [0.5, 0.6) is 5.75 Å². The smallest absolute Gasteiger partial charge is 0.338 e. The quantitative estimate of drug-likeness (QED) is 0.589. The number of nitrogens with zero attached hydrogens (tertiary/aromatic N) is 1. The van der Waals surface area contributed by atoms with Gasteiger partial charge < -0.3 is 14.4 Å². The zero-order valence-electron chi connectivity index (χ0n) is 16.6. The van der Waals surface area contributed by atoms with Gasteiger partial charge >= 0.3 is 5.97 Å². The van der Waals surface area contributed by atoms with E-state index in [1.807, 2.05) is 30.3 Å². The largest absolute Gasteiger partial charge is 0.497 e. The molecule has 1 aliphatic rings. The van der Waals surface area contributed by atoms with Gasteiger partial charge in [0.05, 0.1) is 12.7 Å². The first-order chi connectivity index (χ1) is 14.0. The Morgan fingerprint density at radius 2 is 1.83 bits per heavy atom. The molecule has 2 aromatic carbocycles. The van der Waals surface area contributed by atoms with E-state index in [0.29, 0.717) is 17.9 Å². The average molecular weight is 416 g/mol. The van der Waals surface area contributed by atoms with E-state index < -0.39 is 16.8 Å². The van der Waals surface area contributed by atoms with Crippen molar-refractivity contribution >= 4 is 22.7 Å². The summed E-state index contributed by atoms with van der Waals surface area (Å²) in [6.45, 7) is 0.179. The first kappa shape index (κ1) is 21.0. The fourth-order valence-corrected chi connectivity index (χ4v) is 3.70. The number of benzene rings is 2. The van der Waals surface area contributed by atoms with Gasteiger partial charge in [-0.25, -0.2) is 4.79 Å². The minimum atomic E-state index is -0.996. The highest BCUT2D eigenvalue weighted by Gasteiger charge is 2.33. The number of carbonyl (C=O) groups excluding carboxylic acids is 2. The summed E-state index contributed by atoms with van der Waals surface area (Å²) >= 11 is 0.